The van der Waals surface area contributed by atoms with Gasteiger partial charge in [0.25, 0.3) is 0 Å². The minimum atomic E-state index is 0.0511. The van der Waals surface area contributed by atoms with E-state index in [1.807, 2.05) is 0 Å². The Morgan fingerprint density at radius 1 is 1.26 bits per heavy atom. The van der Waals surface area contributed by atoms with E-state index in [0.29, 0.717) is 17.6 Å². The van der Waals surface area contributed by atoms with Crippen molar-refractivity contribution in [1.82, 2.24) is 15.5 Å². The molecule has 0 amide bonds. The molecule has 176 valence electrons. The van der Waals surface area contributed by atoms with E-state index in [1.165, 1.54) is 36.2 Å². The second-order valence-electron chi connectivity index (χ2n) is 10.8. The van der Waals surface area contributed by atoms with Crippen molar-refractivity contribution in [3.8, 4) is 0 Å². The van der Waals surface area contributed by atoms with Crippen LogP contribution < -0.4 is 21.3 Å². The van der Waals surface area contributed by atoms with E-state index in [4.69, 9.17) is 5.73 Å². The van der Waals surface area contributed by atoms with Crippen LogP contribution in [0.4, 0.5) is 0 Å². The van der Waals surface area contributed by atoms with Gasteiger partial charge in [-0.1, -0.05) is 48.8 Å². The number of nitrogens with one attached hydrogen (secondary N) is 3. The fraction of sp³-hybridized carbons (Fsp3) is 0.769. The topological polar surface area (TPSA) is 57.8 Å². The molecule has 5 heteroatoms. The van der Waals surface area contributed by atoms with Gasteiger partial charge in [-0.25, -0.2) is 4.90 Å². The van der Waals surface area contributed by atoms with Crippen LogP contribution in [-0.2, 0) is 0 Å². The number of nitrogens with zero attached hydrogens (tertiary/aromatic N) is 1. The van der Waals surface area contributed by atoms with Crippen LogP contribution in [0, 0.1) is 11.3 Å². The lowest BCUT2D eigenvalue weighted by Gasteiger charge is -2.40. The van der Waals surface area contributed by atoms with Crippen LogP contribution in [-0.4, -0.2) is 50.2 Å². The Bertz CT molecular complexity index is 696. The molecule has 2 saturated heterocycles. The van der Waals surface area contributed by atoms with Gasteiger partial charge in [-0.05, 0) is 70.6 Å². The van der Waals surface area contributed by atoms with Crippen molar-refractivity contribution in [3.63, 3.8) is 0 Å². The maximum absolute atomic E-state index is 6.36. The monoisotopic (exact) mass is 430 g/mol. The molecule has 0 saturated carbocycles. The molecule has 3 aliphatic rings. The summed E-state index contributed by atoms with van der Waals surface area (Å²) in [5, 5.41) is 6.93. The lowest BCUT2D eigenvalue weighted by Crippen LogP contribution is -3.14. The molecule has 0 aromatic heterocycles. The van der Waals surface area contributed by atoms with E-state index in [1.54, 1.807) is 11.1 Å². The van der Waals surface area contributed by atoms with Gasteiger partial charge >= 0.3 is 0 Å². The lowest BCUT2D eigenvalue weighted by atomic mass is 9.65. The Balaban J connectivity index is 1.44. The maximum Gasteiger partial charge on any atom is 0.162 e. The van der Waals surface area contributed by atoms with E-state index in [-0.39, 0.29) is 6.17 Å². The highest BCUT2D eigenvalue weighted by molar-refractivity contribution is 5.17. The van der Waals surface area contributed by atoms with Gasteiger partial charge in [-0.2, -0.15) is 0 Å². The molecule has 4 unspecified atom stereocenters. The summed E-state index contributed by atoms with van der Waals surface area (Å²) >= 11 is 0. The second kappa shape index (κ2) is 10.8. The molecule has 5 nitrogen and oxygen atoms in total. The van der Waals surface area contributed by atoms with Gasteiger partial charge in [0, 0.05) is 6.54 Å². The highest BCUT2D eigenvalue weighted by Gasteiger charge is 2.46. The normalized spacial score (nSPS) is 37.6. The van der Waals surface area contributed by atoms with Crippen molar-refractivity contribution < 1.29 is 4.90 Å². The van der Waals surface area contributed by atoms with Crippen LogP contribution in [0.3, 0.4) is 0 Å². The van der Waals surface area contributed by atoms with E-state index < -0.39 is 0 Å². The summed E-state index contributed by atoms with van der Waals surface area (Å²) in [6, 6.07) is 0.362. The Kier molecular flexibility index (Phi) is 8.56. The van der Waals surface area contributed by atoms with Crippen LogP contribution >= 0.6 is 0 Å². The Hall–Kier alpha value is -0.980. The molecular formula is C26H48N5+. The molecule has 5 N–H and O–H groups in total. The number of allylic oxidation sites excluding steroid dienone is 5. The number of hydrogen-bond acceptors (Lipinski definition) is 4. The van der Waals surface area contributed by atoms with E-state index in [2.05, 4.69) is 75.4 Å². The first-order valence-corrected chi connectivity index (χ1v) is 12.5. The van der Waals surface area contributed by atoms with Gasteiger partial charge in [-0.3, -0.25) is 10.6 Å². The molecule has 6 atom stereocenters. The van der Waals surface area contributed by atoms with Crippen LogP contribution in [0.25, 0.3) is 0 Å². The Morgan fingerprint density at radius 3 is 2.74 bits per heavy atom. The zero-order valence-corrected chi connectivity index (χ0v) is 20.9. The summed E-state index contributed by atoms with van der Waals surface area (Å²) in [5.41, 5.74) is 11.4. The summed E-state index contributed by atoms with van der Waals surface area (Å²) in [6.45, 7) is 14.7. The van der Waals surface area contributed by atoms with Gasteiger partial charge in [0.1, 0.15) is 12.7 Å². The van der Waals surface area contributed by atoms with Gasteiger partial charge in [0.2, 0.25) is 0 Å². The zero-order chi connectivity index (χ0) is 22.6. The smallest absolute Gasteiger partial charge is 0.162 e. The fourth-order valence-electron chi connectivity index (χ4n) is 5.76. The standard InChI is InChI=1S/C26H47N5/c1-19(13-15-26(5)21(3)11-8-12-22(26)4)9-7-10-20(2)14-16-31-18-30(6)25-23(31)24(27)28-17-29-25/h9,11,14,22-25,28-29H,7-8,10,12-13,15-18,27H2,1-6H3/p+1/t22-,23?,24?,25?,26-/m0/s1. The molecule has 1 aliphatic carbocycles. The van der Waals surface area contributed by atoms with Crippen LogP contribution in [0.1, 0.15) is 73.1 Å². The summed E-state index contributed by atoms with van der Waals surface area (Å²) < 4.78 is 0. The van der Waals surface area contributed by atoms with Crippen molar-refractivity contribution in [1.29, 1.82) is 0 Å². The second-order valence-corrected chi connectivity index (χ2v) is 10.8. The van der Waals surface area contributed by atoms with Crippen molar-refractivity contribution in [2.75, 3.05) is 26.9 Å². The minimum Gasteiger partial charge on any atom is -0.314 e. The molecule has 0 aromatic carbocycles. The van der Waals surface area contributed by atoms with E-state index >= 15 is 0 Å². The third-order valence-corrected chi connectivity index (χ3v) is 8.56. The molecule has 2 fully saturated rings. The average molecular weight is 431 g/mol. The number of nitrogens with two attached hydrogens (primary N) is 1. The van der Waals surface area contributed by atoms with Gasteiger partial charge < -0.3 is 10.6 Å². The number of fused-ring (bicyclic) bond motifs is 1. The Labute approximate surface area is 191 Å². The maximum atomic E-state index is 6.36. The van der Waals surface area contributed by atoms with E-state index in [0.717, 1.165) is 38.6 Å². The minimum absolute atomic E-state index is 0.0511. The molecule has 0 aromatic rings. The third kappa shape index (κ3) is 5.88. The molecule has 2 aliphatic heterocycles. The predicted octanol–water partition coefficient (Wildman–Crippen LogP) is 2.74. The number of quaternary nitrogens is 1. The molecule has 2 heterocycles. The van der Waals surface area contributed by atoms with Gasteiger partial charge in [0.15, 0.2) is 6.17 Å². The summed E-state index contributed by atoms with van der Waals surface area (Å²) in [6.07, 6.45) is 15.3. The number of hydrogen-bond donors (Lipinski definition) is 4. The molecule has 0 spiro atoms. The van der Waals surface area contributed by atoms with E-state index in [9.17, 15) is 0 Å². The molecule has 0 radical (unpaired) electrons. The highest BCUT2D eigenvalue weighted by Crippen LogP contribution is 2.45. The van der Waals surface area contributed by atoms with Crippen molar-refractivity contribution in [2.45, 2.75) is 91.5 Å². The van der Waals surface area contributed by atoms with Crippen LogP contribution in [0.2, 0.25) is 0 Å². The zero-order valence-electron chi connectivity index (χ0n) is 20.9. The molecule has 31 heavy (non-hydrogen) atoms. The van der Waals surface area contributed by atoms with Gasteiger partial charge in [-0.15, -0.1) is 0 Å². The summed E-state index contributed by atoms with van der Waals surface area (Å²) in [4.78, 5) is 4.04. The lowest BCUT2D eigenvalue weighted by molar-refractivity contribution is -0.900. The quantitative estimate of drug-likeness (QED) is 0.447. The highest BCUT2D eigenvalue weighted by atomic mass is 15.5. The first-order valence-electron chi connectivity index (χ1n) is 12.5. The number of likely N-dealkylation sites (N-methyl/N-ethyl adjacent to an activating group) is 1. The van der Waals surface area contributed by atoms with Crippen molar-refractivity contribution in [2.24, 2.45) is 17.1 Å². The van der Waals surface area contributed by atoms with Crippen LogP contribution in [0.15, 0.2) is 34.9 Å². The molecule has 3 rings (SSSR count). The van der Waals surface area contributed by atoms with Crippen LogP contribution in [0.5, 0.6) is 0 Å². The molecule has 0 bridgehead atoms. The van der Waals surface area contributed by atoms with Crippen molar-refractivity contribution in [3.05, 3.63) is 34.9 Å². The SMILES string of the molecule is CC(=CCN1C[NH+](C)C2NCNC(N)C21)CCC=C(C)CC[C@@]1(C)C(C)=CCC[C@@H]1C. The fourth-order valence-corrected chi connectivity index (χ4v) is 5.76. The molecular weight excluding hydrogens is 382 g/mol. The predicted molar refractivity (Wildman–Crippen MR) is 131 cm³/mol. The average Bonchev–Trinajstić information content (AvgIpc) is 3.06. The Morgan fingerprint density at radius 2 is 2.00 bits per heavy atom. The van der Waals surface area contributed by atoms with Crippen molar-refractivity contribution >= 4 is 0 Å². The van der Waals surface area contributed by atoms with Gasteiger partial charge in [0.05, 0.1) is 19.9 Å². The first kappa shape index (κ1) is 24.7. The third-order valence-electron chi connectivity index (χ3n) is 8.56. The number of rotatable bonds is 8. The summed E-state index contributed by atoms with van der Waals surface area (Å²) in [7, 11) is 2.26. The largest absolute Gasteiger partial charge is 0.314 e. The first-order chi connectivity index (χ1) is 14.7. The summed E-state index contributed by atoms with van der Waals surface area (Å²) in [5.74, 6) is 0.796.